The van der Waals surface area contributed by atoms with Crippen LogP contribution in [0.3, 0.4) is 0 Å². The molecule has 0 atom stereocenters. The first kappa shape index (κ1) is 14.2. The summed E-state index contributed by atoms with van der Waals surface area (Å²) >= 11 is 0. The second kappa shape index (κ2) is 5.57. The second-order valence-electron chi connectivity index (χ2n) is 4.95. The lowest BCUT2D eigenvalue weighted by molar-refractivity contribution is -0.114. The Bertz CT molecular complexity index is 839. The summed E-state index contributed by atoms with van der Waals surface area (Å²) in [5.74, 6) is -0.534. The van der Waals surface area contributed by atoms with Crippen LogP contribution in [0.25, 0.3) is 16.9 Å². The molecule has 5 nitrogen and oxygen atoms in total. The highest BCUT2D eigenvalue weighted by Gasteiger charge is 2.11. The number of carbonyl (C=O) groups is 1. The number of imidazole rings is 1. The first-order valence-electron chi connectivity index (χ1n) is 6.83. The molecule has 3 N–H and O–H groups in total. The number of anilines is 1. The maximum atomic E-state index is 13.0. The summed E-state index contributed by atoms with van der Waals surface area (Å²) in [5.41, 5.74) is 9.22. The van der Waals surface area contributed by atoms with E-state index in [4.69, 9.17) is 5.73 Å². The van der Waals surface area contributed by atoms with Crippen molar-refractivity contribution in [1.29, 1.82) is 0 Å². The van der Waals surface area contributed by atoms with E-state index in [0.717, 1.165) is 22.6 Å². The Hall–Kier alpha value is -2.73. The Morgan fingerprint density at radius 3 is 2.68 bits per heavy atom. The Kier molecular flexibility index (Phi) is 3.60. The molecule has 0 saturated carbocycles. The maximum Gasteiger partial charge on any atom is 0.238 e. The summed E-state index contributed by atoms with van der Waals surface area (Å²) < 4.78 is 14.9. The predicted octanol–water partition coefficient (Wildman–Crippen LogP) is 2.35. The molecule has 22 heavy (non-hydrogen) atoms. The number of hydrogen-bond donors (Lipinski definition) is 2. The first-order valence-corrected chi connectivity index (χ1v) is 6.83. The SMILES string of the molecule is Cc1c(-c2ccc(F)cc2)nc2ccc(NC(=O)CN)cn12. The van der Waals surface area contributed by atoms with Crippen molar-refractivity contribution < 1.29 is 9.18 Å². The summed E-state index contributed by atoms with van der Waals surface area (Å²) in [4.78, 5) is 15.9. The van der Waals surface area contributed by atoms with E-state index in [9.17, 15) is 9.18 Å². The molecule has 112 valence electrons. The van der Waals surface area contributed by atoms with Gasteiger partial charge in [0, 0.05) is 17.5 Å². The number of carbonyl (C=O) groups excluding carboxylic acids is 1. The summed E-state index contributed by atoms with van der Waals surface area (Å²) in [7, 11) is 0. The van der Waals surface area contributed by atoms with E-state index in [1.807, 2.05) is 17.4 Å². The minimum atomic E-state index is -0.281. The number of benzene rings is 1. The van der Waals surface area contributed by atoms with Gasteiger partial charge in [-0.15, -0.1) is 0 Å². The lowest BCUT2D eigenvalue weighted by Crippen LogP contribution is -2.21. The number of nitrogens with two attached hydrogens (primary N) is 1. The number of nitrogens with zero attached hydrogens (tertiary/aromatic N) is 2. The van der Waals surface area contributed by atoms with Crippen molar-refractivity contribution in [3.05, 3.63) is 54.1 Å². The molecule has 0 fully saturated rings. The highest BCUT2D eigenvalue weighted by atomic mass is 19.1. The first-order chi connectivity index (χ1) is 10.6. The zero-order valence-electron chi connectivity index (χ0n) is 12.0. The highest BCUT2D eigenvalue weighted by Crippen LogP contribution is 2.25. The average Bonchev–Trinajstić information content (AvgIpc) is 2.85. The van der Waals surface area contributed by atoms with Crippen LogP contribution in [0.4, 0.5) is 10.1 Å². The van der Waals surface area contributed by atoms with E-state index < -0.39 is 0 Å². The third-order valence-electron chi connectivity index (χ3n) is 3.44. The predicted molar refractivity (Wildman–Crippen MR) is 83.0 cm³/mol. The topological polar surface area (TPSA) is 72.4 Å². The molecule has 0 saturated heterocycles. The molecule has 3 rings (SSSR count). The number of aromatic nitrogens is 2. The number of nitrogens with one attached hydrogen (secondary N) is 1. The van der Waals surface area contributed by atoms with Gasteiger partial charge in [0.05, 0.1) is 17.9 Å². The minimum absolute atomic E-state index is 0.0677. The molecule has 0 radical (unpaired) electrons. The van der Waals surface area contributed by atoms with E-state index in [1.54, 1.807) is 24.4 Å². The van der Waals surface area contributed by atoms with Gasteiger partial charge < -0.3 is 15.5 Å². The molecule has 0 bridgehead atoms. The molecule has 6 heteroatoms. The van der Waals surface area contributed by atoms with Crippen molar-refractivity contribution in [2.75, 3.05) is 11.9 Å². The van der Waals surface area contributed by atoms with Crippen LogP contribution in [-0.4, -0.2) is 21.8 Å². The van der Waals surface area contributed by atoms with Crippen molar-refractivity contribution in [2.24, 2.45) is 5.73 Å². The van der Waals surface area contributed by atoms with Gasteiger partial charge in [-0.1, -0.05) is 0 Å². The molecule has 0 aliphatic heterocycles. The van der Waals surface area contributed by atoms with Crippen molar-refractivity contribution in [2.45, 2.75) is 6.92 Å². The number of aryl methyl sites for hydroxylation is 1. The Morgan fingerprint density at radius 1 is 1.27 bits per heavy atom. The number of pyridine rings is 1. The minimum Gasteiger partial charge on any atom is -0.324 e. The van der Waals surface area contributed by atoms with Gasteiger partial charge in [-0.25, -0.2) is 9.37 Å². The van der Waals surface area contributed by atoms with Crippen LogP contribution < -0.4 is 11.1 Å². The van der Waals surface area contributed by atoms with Gasteiger partial charge in [-0.05, 0) is 43.3 Å². The highest BCUT2D eigenvalue weighted by molar-refractivity contribution is 5.92. The molecular weight excluding hydrogens is 283 g/mol. The molecule has 0 unspecified atom stereocenters. The lowest BCUT2D eigenvalue weighted by Gasteiger charge is -2.05. The van der Waals surface area contributed by atoms with E-state index >= 15 is 0 Å². The van der Waals surface area contributed by atoms with Crippen molar-refractivity contribution in [1.82, 2.24) is 9.38 Å². The zero-order valence-corrected chi connectivity index (χ0v) is 12.0. The molecule has 0 spiro atoms. The van der Waals surface area contributed by atoms with Crippen molar-refractivity contribution in [3.8, 4) is 11.3 Å². The quantitative estimate of drug-likeness (QED) is 0.779. The summed E-state index contributed by atoms with van der Waals surface area (Å²) in [6.45, 7) is 1.86. The smallest absolute Gasteiger partial charge is 0.238 e. The van der Waals surface area contributed by atoms with Gasteiger partial charge in [0.2, 0.25) is 5.91 Å². The summed E-state index contributed by atoms with van der Waals surface area (Å²) in [6, 6.07) is 9.79. The zero-order chi connectivity index (χ0) is 15.7. The molecule has 1 aromatic carbocycles. The number of halogens is 1. The van der Waals surface area contributed by atoms with Crippen LogP contribution in [0.5, 0.6) is 0 Å². The van der Waals surface area contributed by atoms with E-state index in [0.29, 0.717) is 5.69 Å². The number of fused-ring (bicyclic) bond motifs is 1. The lowest BCUT2D eigenvalue weighted by atomic mass is 10.1. The average molecular weight is 298 g/mol. The largest absolute Gasteiger partial charge is 0.324 e. The van der Waals surface area contributed by atoms with Gasteiger partial charge >= 0.3 is 0 Å². The third-order valence-corrected chi connectivity index (χ3v) is 3.44. The van der Waals surface area contributed by atoms with Crippen LogP contribution in [0.1, 0.15) is 5.69 Å². The molecule has 3 aromatic rings. The fraction of sp³-hybridized carbons (Fsp3) is 0.125. The Labute approximate surface area is 126 Å². The van der Waals surface area contributed by atoms with Gasteiger partial charge in [-0.3, -0.25) is 4.79 Å². The molecular formula is C16H15FN4O. The third kappa shape index (κ3) is 2.56. The molecule has 0 aliphatic carbocycles. The fourth-order valence-corrected chi connectivity index (χ4v) is 2.33. The number of amides is 1. The normalized spacial score (nSPS) is 10.9. The van der Waals surface area contributed by atoms with Crippen LogP contribution in [0.2, 0.25) is 0 Å². The van der Waals surface area contributed by atoms with Gasteiger partial charge in [0.1, 0.15) is 11.5 Å². The summed E-state index contributed by atoms with van der Waals surface area (Å²) in [5, 5.41) is 2.71. The van der Waals surface area contributed by atoms with E-state index in [1.165, 1.54) is 12.1 Å². The van der Waals surface area contributed by atoms with E-state index in [2.05, 4.69) is 10.3 Å². The molecule has 2 aromatic heterocycles. The standard InChI is InChI=1S/C16H15FN4O/c1-10-16(11-2-4-12(17)5-3-11)20-14-7-6-13(9-21(10)14)19-15(22)8-18/h2-7,9H,8,18H2,1H3,(H,19,22). The molecule has 0 aliphatic rings. The Balaban J connectivity index is 2.05. The van der Waals surface area contributed by atoms with Crippen LogP contribution in [-0.2, 0) is 4.79 Å². The van der Waals surface area contributed by atoms with Crippen molar-refractivity contribution >= 4 is 17.2 Å². The van der Waals surface area contributed by atoms with Crippen LogP contribution >= 0.6 is 0 Å². The number of rotatable bonds is 3. The number of hydrogen-bond acceptors (Lipinski definition) is 3. The van der Waals surface area contributed by atoms with Gasteiger partial charge in [0.15, 0.2) is 0 Å². The Morgan fingerprint density at radius 2 is 2.00 bits per heavy atom. The van der Waals surface area contributed by atoms with Gasteiger partial charge in [0.25, 0.3) is 0 Å². The fourth-order valence-electron chi connectivity index (χ4n) is 2.33. The van der Waals surface area contributed by atoms with E-state index in [-0.39, 0.29) is 18.3 Å². The van der Waals surface area contributed by atoms with Crippen LogP contribution in [0, 0.1) is 12.7 Å². The van der Waals surface area contributed by atoms with Crippen molar-refractivity contribution in [3.63, 3.8) is 0 Å². The summed E-state index contributed by atoms with van der Waals surface area (Å²) in [6.07, 6.45) is 1.79. The monoisotopic (exact) mass is 298 g/mol. The molecule has 1 amide bonds. The second-order valence-corrected chi connectivity index (χ2v) is 4.95. The van der Waals surface area contributed by atoms with Gasteiger partial charge in [-0.2, -0.15) is 0 Å². The molecule has 2 heterocycles. The van der Waals surface area contributed by atoms with Crippen LogP contribution in [0.15, 0.2) is 42.6 Å². The maximum absolute atomic E-state index is 13.0.